The number of nitro benzene ring substituents is 1. The van der Waals surface area contributed by atoms with Crippen molar-refractivity contribution in [1.82, 2.24) is 5.32 Å². The molecule has 0 radical (unpaired) electrons. The largest absolute Gasteiger partial charge is 0.490 e. The minimum atomic E-state index is -0.631. The van der Waals surface area contributed by atoms with Gasteiger partial charge in [0.05, 0.1) is 31.3 Å². The van der Waals surface area contributed by atoms with E-state index in [-0.39, 0.29) is 30.2 Å². The van der Waals surface area contributed by atoms with Crippen molar-refractivity contribution in [1.29, 1.82) is 0 Å². The molecule has 0 aliphatic rings. The van der Waals surface area contributed by atoms with Crippen molar-refractivity contribution in [2.45, 2.75) is 6.04 Å². The van der Waals surface area contributed by atoms with Gasteiger partial charge >= 0.3 is 5.69 Å². The Kier molecular flexibility index (Phi) is 5.88. The van der Waals surface area contributed by atoms with Crippen LogP contribution in [0.25, 0.3) is 0 Å². The molecule has 0 spiro atoms. The number of ether oxygens (including phenoxy) is 2. The van der Waals surface area contributed by atoms with E-state index in [9.17, 15) is 14.9 Å². The van der Waals surface area contributed by atoms with Crippen molar-refractivity contribution in [3.8, 4) is 5.75 Å². The molecule has 1 unspecified atom stereocenters. The lowest BCUT2D eigenvalue weighted by atomic mass is 10.1. The summed E-state index contributed by atoms with van der Waals surface area (Å²) in [4.78, 5) is 22.2. The zero-order chi connectivity index (χ0) is 15.1. The standard InChI is InChI=1S/C12H16N2O6/c1-19-7-9(6-15)13-12(16)8-3-4-11(20-2)10(5-8)14(17)18/h3-5,9,15H,6-7H2,1-2H3,(H,13,16). The van der Waals surface area contributed by atoms with E-state index in [0.29, 0.717) is 0 Å². The van der Waals surface area contributed by atoms with E-state index >= 15 is 0 Å². The number of aliphatic hydroxyl groups excluding tert-OH is 1. The average Bonchev–Trinajstić information content (AvgIpc) is 2.45. The van der Waals surface area contributed by atoms with Crippen molar-refractivity contribution in [3.63, 3.8) is 0 Å². The molecule has 0 heterocycles. The maximum absolute atomic E-state index is 11.9. The molecule has 0 saturated carbocycles. The number of benzene rings is 1. The summed E-state index contributed by atoms with van der Waals surface area (Å²) in [6.07, 6.45) is 0. The molecule has 110 valence electrons. The van der Waals surface area contributed by atoms with Gasteiger partial charge in [-0.25, -0.2) is 0 Å². The molecule has 1 atom stereocenters. The van der Waals surface area contributed by atoms with Crippen LogP contribution in [0.1, 0.15) is 10.4 Å². The number of hydrogen-bond donors (Lipinski definition) is 2. The van der Waals surface area contributed by atoms with E-state index in [1.807, 2.05) is 0 Å². The molecule has 8 heteroatoms. The van der Waals surface area contributed by atoms with E-state index in [1.54, 1.807) is 0 Å². The van der Waals surface area contributed by atoms with Gasteiger partial charge in [0.2, 0.25) is 0 Å². The number of nitro groups is 1. The van der Waals surface area contributed by atoms with Crippen molar-refractivity contribution < 1.29 is 24.3 Å². The minimum absolute atomic E-state index is 0.0714. The Morgan fingerprint density at radius 2 is 2.20 bits per heavy atom. The number of carbonyl (C=O) groups excluding carboxylic acids is 1. The van der Waals surface area contributed by atoms with E-state index < -0.39 is 16.9 Å². The first-order chi connectivity index (χ1) is 9.53. The summed E-state index contributed by atoms with van der Waals surface area (Å²) in [5.74, 6) is -0.464. The Balaban J connectivity index is 2.93. The summed E-state index contributed by atoms with van der Waals surface area (Å²) in [7, 11) is 2.75. The topological polar surface area (TPSA) is 111 Å². The third kappa shape index (κ3) is 3.90. The first kappa shape index (κ1) is 15.9. The lowest BCUT2D eigenvalue weighted by molar-refractivity contribution is -0.385. The van der Waals surface area contributed by atoms with Crippen LogP contribution in [0.15, 0.2) is 18.2 Å². The fraction of sp³-hybridized carbons (Fsp3) is 0.417. The fourth-order valence-corrected chi connectivity index (χ4v) is 1.58. The van der Waals surface area contributed by atoms with Crippen molar-refractivity contribution in [2.75, 3.05) is 27.4 Å². The summed E-state index contributed by atoms with van der Waals surface area (Å²) in [5, 5.41) is 22.4. The molecule has 1 aromatic carbocycles. The highest BCUT2D eigenvalue weighted by Crippen LogP contribution is 2.27. The van der Waals surface area contributed by atoms with E-state index in [2.05, 4.69) is 5.32 Å². The first-order valence-electron chi connectivity index (χ1n) is 5.76. The van der Waals surface area contributed by atoms with Gasteiger partial charge in [-0.2, -0.15) is 0 Å². The van der Waals surface area contributed by atoms with E-state index in [4.69, 9.17) is 14.6 Å². The predicted octanol–water partition coefficient (Wildman–Crippen LogP) is 0.340. The van der Waals surface area contributed by atoms with E-state index in [1.165, 1.54) is 26.4 Å². The number of nitrogens with one attached hydrogen (secondary N) is 1. The van der Waals surface area contributed by atoms with Gasteiger partial charge in [-0.3, -0.25) is 14.9 Å². The van der Waals surface area contributed by atoms with Crippen LogP contribution in [0.4, 0.5) is 5.69 Å². The second-order valence-electron chi connectivity index (χ2n) is 3.95. The number of amides is 1. The third-order valence-electron chi connectivity index (χ3n) is 2.56. The van der Waals surface area contributed by atoms with Gasteiger partial charge in [-0.05, 0) is 12.1 Å². The van der Waals surface area contributed by atoms with Crippen LogP contribution < -0.4 is 10.1 Å². The summed E-state index contributed by atoms with van der Waals surface area (Å²) in [5.41, 5.74) is -0.195. The lowest BCUT2D eigenvalue weighted by Gasteiger charge is -2.15. The molecule has 8 nitrogen and oxygen atoms in total. The van der Waals surface area contributed by atoms with Crippen LogP contribution in [-0.2, 0) is 4.74 Å². The molecule has 0 aliphatic carbocycles. The summed E-state index contributed by atoms with van der Waals surface area (Å²) >= 11 is 0. The second kappa shape index (κ2) is 7.41. The maximum Gasteiger partial charge on any atom is 0.311 e. The Morgan fingerprint density at radius 1 is 1.50 bits per heavy atom. The van der Waals surface area contributed by atoms with E-state index in [0.717, 1.165) is 6.07 Å². The Hall–Kier alpha value is -2.19. The van der Waals surface area contributed by atoms with Gasteiger partial charge in [0.15, 0.2) is 5.75 Å². The monoisotopic (exact) mass is 284 g/mol. The predicted molar refractivity (Wildman–Crippen MR) is 69.9 cm³/mol. The van der Waals surface area contributed by atoms with Crippen LogP contribution in [-0.4, -0.2) is 49.4 Å². The number of nitrogens with zero attached hydrogens (tertiary/aromatic N) is 1. The highest BCUT2D eigenvalue weighted by Gasteiger charge is 2.19. The first-order valence-corrected chi connectivity index (χ1v) is 5.76. The van der Waals surface area contributed by atoms with Gasteiger partial charge in [0.25, 0.3) is 5.91 Å². The number of aliphatic hydroxyl groups is 1. The third-order valence-corrected chi connectivity index (χ3v) is 2.56. The highest BCUT2D eigenvalue weighted by atomic mass is 16.6. The normalized spacial score (nSPS) is 11.8. The quantitative estimate of drug-likeness (QED) is 0.551. The summed E-state index contributed by atoms with van der Waals surface area (Å²) < 4.78 is 9.68. The molecule has 1 aromatic rings. The molecular formula is C12H16N2O6. The van der Waals surface area contributed by atoms with Crippen molar-refractivity contribution in [3.05, 3.63) is 33.9 Å². The Labute approximate surface area is 115 Å². The molecule has 2 N–H and O–H groups in total. The Morgan fingerprint density at radius 3 is 2.70 bits per heavy atom. The second-order valence-corrected chi connectivity index (χ2v) is 3.95. The zero-order valence-electron chi connectivity index (χ0n) is 11.2. The number of hydrogen-bond acceptors (Lipinski definition) is 6. The lowest BCUT2D eigenvalue weighted by Crippen LogP contribution is -2.40. The maximum atomic E-state index is 11.9. The van der Waals surface area contributed by atoms with Crippen LogP contribution in [0.3, 0.4) is 0 Å². The molecule has 0 fully saturated rings. The number of rotatable bonds is 7. The van der Waals surface area contributed by atoms with Crippen molar-refractivity contribution in [2.24, 2.45) is 0 Å². The molecule has 1 rings (SSSR count). The molecule has 0 aromatic heterocycles. The minimum Gasteiger partial charge on any atom is -0.490 e. The number of methoxy groups -OCH3 is 2. The zero-order valence-corrected chi connectivity index (χ0v) is 11.2. The fourth-order valence-electron chi connectivity index (χ4n) is 1.58. The molecule has 0 saturated heterocycles. The average molecular weight is 284 g/mol. The number of carbonyl (C=O) groups is 1. The molecule has 0 aliphatic heterocycles. The van der Waals surface area contributed by atoms with Gasteiger partial charge in [0.1, 0.15) is 0 Å². The molecule has 1 amide bonds. The van der Waals surface area contributed by atoms with Crippen LogP contribution in [0.2, 0.25) is 0 Å². The summed E-state index contributed by atoms with van der Waals surface area (Å²) in [6, 6.07) is 3.29. The Bertz CT molecular complexity index is 491. The highest BCUT2D eigenvalue weighted by molar-refractivity contribution is 5.95. The molecular weight excluding hydrogens is 268 g/mol. The molecule has 20 heavy (non-hydrogen) atoms. The summed E-state index contributed by atoms with van der Waals surface area (Å²) in [6.45, 7) is -0.154. The van der Waals surface area contributed by atoms with Gasteiger partial charge < -0.3 is 19.9 Å². The van der Waals surface area contributed by atoms with Gasteiger partial charge in [0, 0.05) is 18.7 Å². The van der Waals surface area contributed by atoms with Gasteiger partial charge in [-0.15, -0.1) is 0 Å². The van der Waals surface area contributed by atoms with Crippen LogP contribution in [0.5, 0.6) is 5.75 Å². The van der Waals surface area contributed by atoms with Crippen LogP contribution in [0, 0.1) is 10.1 Å². The SMILES string of the molecule is COCC(CO)NC(=O)c1ccc(OC)c([N+](=O)[O-])c1. The van der Waals surface area contributed by atoms with Gasteiger partial charge in [-0.1, -0.05) is 0 Å². The van der Waals surface area contributed by atoms with Crippen LogP contribution >= 0.6 is 0 Å². The molecule has 0 bridgehead atoms. The smallest absolute Gasteiger partial charge is 0.311 e. The van der Waals surface area contributed by atoms with Crippen molar-refractivity contribution >= 4 is 11.6 Å².